The van der Waals surface area contributed by atoms with Crippen LogP contribution in [0.3, 0.4) is 0 Å². The standard InChI is InChI=1S/C21H29N5O2/c1-15-12-16(2)26(25-15)11-5-10-22-21(28)23-14-17-6-3-9-19(13-17)24-20(27)18-7-4-8-18/h3,6,9,12-13,18H,4-5,7-8,10-11,14H2,1-2H3,(H,24,27)(H2,22,23,28). The van der Waals surface area contributed by atoms with E-state index in [0.717, 1.165) is 54.9 Å². The number of hydrogen-bond donors (Lipinski definition) is 3. The topological polar surface area (TPSA) is 88.0 Å². The van der Waals surface area contributed by atoms with Crippen LogP contribution >= 0.6 is 0 Å². The van der Waals surface area contributed by atoms with Gasteiger partial charge in [-0.05, 0) is 56.9 Å². The molecule has 1 aliphatic rings. The third-order valence-electron chi connectivity index (χ3n) is 5.06. The van der Waals surface area contributed by atoms with Crippen LogP contribution in [0.5, 0.6) is 0 Å². The number of aromatic nitrogens is 2. The van der Waals surface area contributed by atoms with Crippen LogP contribution in [0.15, 0.2) is 30.3 Å². The lowest BCUT2D eigenvalue weighted by Gasteiger charge is -2.24. The molecule has 28 heavy (non-hydrogen) atoms. The Labute approximate surface area is 165 Å². The summed E-state index contributed by atoms with van der Waals surface area (Å²) in [7, 11) is 0. The number of aryl methyl sites for hydroxylation is 3. The third-order valence-corrected chi connectivity index (χ3v) is 5.06. The first-order valence-corrected chi connectivity index (χ1v) is 9.94. The van der Waals surface area contributed by atoms with E-state index in [9.17, 15) is 9.59 Å². The van der Waals surface area contributed by atoms with Crippen LogP contribution in [0.4, 0.5) is 10.5 Å². The van der Waals surface area contributed by atoms with Gasteiger partial charge < -0.3 is 16.0 Å². The minimum atomic E-state index is -0.197. The Bertz CT molecular complexity index is 826. The van der Waals surface area contributed by atoms with E-state index < -0.39 is 0 Å². The molecule has 1 aromatic carbocycles. The number of nitrogens with one attached hydrogen (secondary N) is 3. The SMILES string of the molecule is Cc1cc(C)n(CCCNC(=O)NCc2cccc(NC(=O)C3CCC3)c2)n1. The van der Waals surface area contributed by atoms with Crippen LogP contribution in [0.2, 0.25) is 0 Å². The summed E-state index contributed by atoms with van der Waals surface area (Å²) in [5.74, 6) is 0.249. The molecular formula is C21H29N5O2. The van der Waals surface area contributed by atoms with E-state index in [1.807, 2.05) is 48.9 Å². The second-order valence-corrected chi connectivity index (χ2v) is 7.43. The number of benzene rings is 1. The molecule has 1 aliphatic carbocycles. The lowest BCUT2D eigenvalue weighted by molar-refractivity contribution is -0.122. The van der Waals surface area contributed by atoms with E-state index in [1.165, 1.54) is 0 Å². The van der Waals surface area contributed by atoms with Gasteiger partial charge in [0, 0.05) is 36.9 Å². The van der Waals surface area contributed by atoms with Gasteiger partial charge in [0.15, 0.2) is 0 Å². The van der Waals surface area contributed by atoms with Gasteiger partial charge in [0.05, 0.1) is 5.69 Å². The van der Waals surface area contributed by atoms with Gasteiger partial charge in [-0.2, -0.15) is 5.10 Å². The predicted octanol–water partition coefficient (Wildman–Crippen LogP) is 3.13. The van der Waals surface area contributed by atoms with Crippen LogP contribution in [-0.2, 0) is 17.9 Å². The van der Waals surface area contributed by atoms with E-state index in [4.69, 9.17) is 0 Å². The fraction of sp³-hybridized carbons (Fsp3) is 0.476. The minimum absolute atomic E-state index is 0.0942. The average molecular weight is 383 g/mol. The van der Waals surface area contributed by atoms with Crippen molar-refractivity contribution in [1.29, 1.82) is 0 Å². The highest BCUT2D eigenvalue weighted by Gasteiger charge is 2.25. The van der Waals surface area contributed by atoms with Gasteiger partial charge in [-0.3, -0.25) is 9.48 Å². The minimum Gasteiger partial charge on any atom is -0.338 e. The summed E-state index contributed by atoms with van der Waals surface area (Å²) in [6.07, 6.45) is 3.91. The van der Waals surface area contributed by atoms with Crippen LogP contribution in [0, 0.1) is 19.8 Å². The molecule has 7 heteroatoms. The largest absolute Gasteiger partial charge is 0.338 e. The van der Waals surface area contributed by atoms with Crippen molar-refractivity contribution >= 4 is 17.6 Å². The van der Waals surface area contributed by atoms with Gasteiger partial charge in [-0.1, -0.05) is 18.6 Å². The number of hydrogen-bond acceptors (Lipinski definition) is 3. The highest BCUT2D eigenvalue weighted by Crippen LogP contribution is 2.27. The second kappa shape index (κ2) is 9.39. The quantitative estimate of drug-likeness (QED) is 0.612. The van der Waals surface area contributed by atoms with Crippen molar-refractivity contribution in [3.63, 3.8) is 0 Å². The van der Waals surface area contributed by atoms with Crippen molar-refractivity contribution in [2.24, 2.45) is 5.92 Å². The zero-order chi connectivity index (χ0) is 19.9. The summed E-state index contributed by atoms with van der Waals surface area (Å²) in [6, 6.07) is 9.45. The Morgan fingerprint density at radius 1 is 1.18 bits per heavy atom. The molecule has 3 rings (SSSR count). The van der Waals surface area contributed by atoms with Crippen LogP contribution in [0.25, 0.3) is 0 Å². The summed E-state index contributed by atoms with van der Waals surface area (Å²) >= 11 is 0. The third kappa shape index (κ3) is 5.58. The lowest BCUT2D eigenvalue weighted by atomic mass is 9.85. The smallest absolute Gasteiger partial charge is 0.315 e. The molecule has 7 nitrogen and oxygen atoms in total. The van der Waals surface area contributed by atoms with Gasteiger partial charge in [-0.25, -0.2) is 4.79 Å². The molecule has 0 atom stereocenters. The summed E-state index contributed by atoms with van der Waals surface area (Å²) in [6.45, 7) is 5.78. The fourth-order valence-corrected chi connectivity index (χ4v) is 3.25. The molecule has 150 valence electrons. The van der Waals surface area contributed by atoms with E-state index in [-0.39, 0.29) is 17.9 Å². The predicted molar refractivity (Wildman–Crippen MR) is 109 cm³/mol. The Kier molecular flexibility index (Phi) is 6.68. The molecule has 3 N–H and O–H groups in total. The Morgan fingerprint density at radius 2 is 2.00 bits per heavy atom. The Morgan fingerprint density at radius 3 is 2.68 bits per heavy atom. The van der Waals surface area contributed by atoms with Gasteiger partial charge >= 0.3 is 6.03 Å². The van der Waals surface area contributed by atoms with E-state index in [1.54, 1.807) is 0 Å². The summed E-state index contributed by atoms with van der Waals surface area (Å²) in [4.78, 5) is 24.0. The number of carbonyl (C=O) groups excluding carboxylic acids is 2. The molecule has 0 saturated heterocycles. The van der Waals surface area contributed by atoms with Gasteiger partial charge in [0.2, 0.25) is 5.91 Å². The Hall–Kier alpha value is -2.83. The van der Waals surface area contributed by atoms with Crippen LogP contribution < -0.4 is 16.0 Å². The zero-order valence-corrected chi connectivity index (χ0v) is 16.6. The molecule has 0 radical (unpaired) electrons. The molecular weight excluding hydrogens is 354 g/mol. The first kappa shape index (κ1) is 19.9. The van der Waals surface area contributed by atoms with Crippen molar-refractivity contribution in [3.05, 3.63) is 47.3 Å². The van der Waals surface area contributed by atoms with Crippen molar-refractivity contribution in [2.75, 3.05) is 11.9 Å². The average Bonchev–Trinajstić information content (AvgIpc) is 2.93. The molecule has 0 spiro atoms. The number of carbonyl (C=O) groups is 2. The molecule has 0 unspecified atom stereocenters. The second-order valence-electron chi connectivity index (χ2n) is 7.43. The molecule has 1 fully saturated rings. The van der Waals surface area contributed by atoms with Crippen molar-refractivity contribution < 1.29 is 9.59 Å². The number of nitrogens with zero attached hydrogens (tertiary/aromatic N) is 2. The van der Waals surface area contributed by atoms with Gasteiger partial charge in [-0.15, -0.1) is 0 Å². The lowest BCUT2D eigenvalue weighted by Crippen LogP contribution is -2.36. The molecule has 1 aromatic heterocycles. The number of anilines is 1. The van der Waals surface area contributed by atoms with Crippen LogP contribution in [0.1, 0.15) is 42.6 Å². The molecule has 0 bridgehead atoms. The van der Waals surface area contributed by atoms with E-state index >= 15 is 0 Å². The van der Waals surface area contributed by atoms with E-state index in [0.29, 0.717) is 13.1 Å². The Balaban J connectivity index is 1.36. The molecule has 1 heterocycles. The van der Waals surface area contributed by atoms with Crippen molar-refractivity contribution in [3.8, 4) is 0 Å². The summed E-state index contributed by atoms with van der Waals surface area (Å²) < 4.78 is 1.96. The van der Waals surface area contributed by atoms with Crippen LogP contribution in [-0.4, -0.2) is 28.3 Å². The molecule has 2 aromatic rings. The summed E-state index contributed by atoms with van der Waals surface area (Å²) in [5, 5.41) is 13.1. The van der Waals surface area contributed by atoms with Gasteiger partial charge in [0.1, 0.15) is 0 Å². The van der Waals surface area contributed by atoms with E-state index in [2.05, 4.69) is 21.0 Å². The van der Waals surface area contributed by atoms with Gasteiger partial charge in [0.25, 0.3) is 0 Å². The van der Waals surface area contributed by atoms with Crippen molar-refractivity contribution in [1.82, 2.24) is 20.4 Å². The highest BCUT2D eigenvalue weighted by molar-refractivity contribution is 5.93. The first-order valence-electron chi connectivity index (χ1n) is 9.94. The molecule has 1 saturated carbocycles. The fourth-order valence-electron chi connectivity index (χ4n) is 3.25. The first-order chi connectivity index (χ1) is 13.5. The number of amides is 3. The van der Waals surface area contributed by atoms with Crippen molar-refractivity contribution in [2.45, 2.75) is 52.6 Å². The number of urea groups is 1. The maximum Gasteiger partial charge on any atom is 0.315 e. The summed E-state index contributed by atoms with van der Waals surface area (Å²) in [5.41, 5.74) is 3.87. The number of rotatable bonds is 8. The molecule has 3 amide bonds. The molecule has 0 aliphatic heterocycles. The highest BCUT2D eigenvalue weighted by atomic mass is 16.2. The monoisotopic (exact) mass is 383 g/mol. The zero-order valence-electron chi connectivity index (χ0n) is 16.6. The maximum atomic E-state index is 12.0. The maximum absolute atomic E-state index is 12.0. The normalized spacial score (nSPS) is 13.6.